The van der Waals surface area contributed by atoms with Crippen molar-refractivity contribution in [1.29, 1.82) is 0 Å². The molecule has 2 aliphatic rings. The molecule has 0 atom stereocenters. The Morgan fingerprint density at radius 1 is 1.24 bits per heavy atom. The Morgan fingerprint density at radius 2 is 1.92 bits per heavy atom. The van der Waals surface area contributed by atoms with Crippen molar-refractivity contribution in [2.75, 3.05) is 51.3 Å². The van der Waals surface area contributed by atoms with E-state index < -0.39 is 10.0 Å². The fraction of sp³-hybridized carbons (Fsp3) is 0.786. The minimum absolute atomic E-state index is 0.0668. The maximum Gasteiger partial charge on any atom is 0.272 e. The monoisotopic (exact) mass is 389 g/mol. The number of rotatable bonds is 5. The third-order valence-corrected chi connectivity index (χ3v) is 7.53. The molecule has 0 spiro atoms. The van der Waals surface area contributed by atoms with Crippen LogP contribution >= 0.6 is 11.3 Å². The van der Waals surface area contributed by atoms with Gasteiger partial charge in [0.1, 0.15) is 0 Å². The van der Waals surface area contributed by atoms with E-state index in [9.17, 15) is 13.2 Å². The number of nitrogens with zero attached hydrogens (tertiary/aromatic N) is 4. The van der Waals surface area contributed by atoms with Gasteiger partial charge in [-0.05, 0) is 18.8 Å². The molecule has 0 aliphatic carbocycles. The van der Waals surface area contributed by atoms with Crippen LogP contribution in [-0.2, 0) is 19.6 Å². The molecule has 11 heteroatoms. The number of carbonyl (C=O) groups is 1. The largest absolute Gasteiger partial charge is 0.379 e. The number of aromatic nitrogens is 2. The topological polar surface area (TPSA) is 105 Å². The van der Waals surface area contributed by atoms with Crippen LogP contribution in [0.2, 0.25) is 0 Å². The second-order valence-corrected chi connectivity index (χ2v) is 9.40. The molecule has 0 aromatic carbocycles. The highest BCUT2D eigenvalue weighted by Gasteiger charge is 2.33. The van der Waals surface area contributed by atoms with Crippen LogP contribution < -0.4 is 5.32 Å². The Kier molecular flexibility index (Phi) is 6.00. The SMILES string of the molecule is CC(=O)Nc1nnc(S(=O)(=O)N2CCC(CN3CCOCC3)CC2)s1. The van der Waals surface area contributed by atoms with E-state index in [1.807, 2.05) is 0 Å². The second-order valence-electron chi connectivity index (χ2n) is 6.31. The Hall–Kier alpha value is -1.14. The lowest BCUT2D eigenvalue weighted by Crippen LogP contribution is -2.44. The molecule has 2 aliphatic heterocycles. The summed E-state index contributed by atoms with van der Waals surface area (Å²) >= 11 is 0.885. The zero-order chi connectivity index (χ0) is 17.9. The van der Waals surface area contributed by atoms with Crippen LogP contribution in [0.1, 0.15) is 19.8 Å². The average Bonchev–Trinajstić information content (AvgIpc) is 3.05. The molecule has 0 bridgehead atoms. The maximum absolute atomic E-state index is 12.7. The standard InChI is InChI=1S/C14H23N5O4S2/c1-11(20)15-13-16-17-14(24-13)25(21,22)19-4-2-12(3-5-19)10-18-6-8-23-9-7-18/h12H,2-10H2,1H3,(H,15,16,20). The van der Waals surface area contributed by atoms with E-state index >= 15 is 0 Å². The van der Waals surface area contributed by atoms with E-state index in [0.717, 1.165) is 57.0 Å². The molecule has 1 N–H and O–H groups in total. The summed E-state index contributed by atoms with van der Waals surface area (Å²) in [4.78, 5) is 13.4. The van der Waals surface area contributed by atoms with E-state index in [1.165, 1.54) is 11.2 Å². The van der Waals surface area contributed by atoms with Crippen molar-refractivity contribution < 1.29 is 17.9 Å². The van der Waals surface area contributed by atoms with E-state index in [2.05, 4.69) is 20.4 Å². The molecule has 0 radical (unpaired) electrons. The molecule has 2 saturated heterocycles. The van der Waals surface area contributed by atoms with Gasteiger partial charge in [0.05, 0.1) is 13.2 Å². The number of anilines is 1. The minimum atomic E-state index is -3.64. The first kappa shape index (κ1) is 18.6. The lowest BCUT2D eigenvalue weighted by atomic mass is 9.97. The van der Waals surface area contributed by atoms with E-state index in [4.69, 9.17) is 4.74 Å². The molecular formula is C14H23N5O4S2. The van der Waals surface area contributed by atoms with Crippen molar-refractivity contribution in [3.05, 3.63) is 0 Å². The first-order valence-corrected chi connectivity index (χ1v) is 10.6. The number of carbonyl (C=O) groups excluding carboxylic acids is 1. The summed E-state index contributed by atoms with van der Waals surface area (Å²) in [6, 6.07) is 0. The van der Waals surface area contributed by atoms with Crippen LogP contribution in [0, 0.1) is 5.92 Å². The first-order valence-electron chi connectivity index (χ1n) is 8.36. The van der Waals surface area contributed by atoms with Crippen LogP contribution in [0.4, 0.5) is 5.13 Å². The number of nitrogens with one attached hydrogen (secondary N) is 1. The quantitative estimate of drug-likeness (QED) is 0.719. The number of piperidine rings is 1. The maximum atomic E-state index is 12.7. The Balaban J connectivity index is 1.55. The fourth-order valence-electron chi connectivity index (χ4n) is 3.11. The summed E-state index contributed by atoms with van der Waals surface area (Å²) in [6.07, 6.45) is 1.68. The summed E-state index contributed by atoms with van der Waals surface area (Å²) in [6.45, 7) is 6.79. The van der Waals surface area contributed by atoms with E-state index in [1.54, 1.807) is 0 Å². The van der Waals surface area contributed by atoms with E-state index in [-0.39, 0.29) is 15.4 Å². The highest BCUT2D eigenvalue weighted by molar-refractivity contribution is 7.91. The summed E-state index contributed by atoms with van der Waals surface area (Å²) in [5.41, 5.74) is 0. The molecule has 1 amide bonds. The Labute approximate surface area is 151 Å². The van der Waals surface area contributed by atoms with Crippen molar-refractivity contribution in [3.63, 3.8) is 0 Å². The Bertz CT molecular complexity index is 694. The first-order chi connectivity index (χ1) is 11.9. The van der Waals surface area contributed by atoms with Gasteiger partial charge in [-0.15, -0.1) is 10.2 Å². The molecular weight excluding hydrogens is 366 g/mol. The summed E-state index contributed by atoms with van der Waals surface area (Å²) < 4.78 is 32.1. The zero-order valence-electron chi connectivity index (χ0n) is 14.2. The van der Waals surface area contributed by atoms with Crippen molar-refractivity contribution >= 4 is 32.4 Å². The third-order valence-electron chi connectivity index (χ3n) is 4.44. The van der Waals surface area contributed by atoms with Crippen molar-refractivity contribution in [3.8, 4) is 0 Å². The predicted molar refractivity (Wildman–Crippen MR) is 93.0 cm³/mol. The van der Waals surface area contributed by atoms with Crippen LogP contribution in [0.25, 0.3) is 0 Å². The third kappa shape index (κ3) is 4.73. The predicted octanol–water partition coefficient (Wildman–Crippen LogP) is 0.229. The number of sulfonamides is 1. The van der Waals surface area contributed by atoms with Crippen LogP contribution in [0.5, 0.6) is 0 Å². The number of morpholine rings is 1. The van der Waals surface area contributed by atoms with Crippen molar-refractivity contribution in [1.82, 2.24) is 19.4 Å². The molecule has 0 unspecified atom stereocenters. The molecule has 2 fully saturated rings. The van der Waals surface area contributed by atoms with Crippen LogP contribution in [-0.4, -0.2) is 79.7 Å². The zero-order valence-corrected chi connectivity index (χ0v) is 15.8. The van der Waals surface area contributed by atoms with Gasteiger partial charge in [-0.1, -0.05) is 11.3 Å². The number of hydrogen-bond donors (Lipinski definition) is 1. The van der Waals surface area contributed by atoms with Gasteiger partial charge in [-0.3, -0.25) is 9.69 Å². The highest BCUT2D eigenvalue weighted by Crippen LogP contribution is 2.27. The molecule has 1 aromatic rings. The lowest BCUT2D eigenvalue weighted by molar-refractivity contribution is -0.114. The summed E-state index contributed by atoms with van der Waals surface area (Å²) in [7, 11) is -3.64. The molecule has 25 heavy (non-hydrogen) atoms. The number of hydrogen-bond acceptors (Lipinski definition) is 8. The fourth-order valence-corrected chi connectivity index (χ4v) is 5.66. The van der Waals surface area contributed by atoms with Gasteiger partial charge in [-0.2, -0.15) is 4.31 Å². The van der Waals surface area contributed by atoms with Crippen molar-refractivity contribution in [2.24, 2.45) is 5.92 Å². The van der Waals surface area contributed by atoms with Crippen LogP contribution in [0.15, 0.2) is 4.34 Å². The molecule has 3 rings (SSSR count). The average molecular weight is 390 g/mol. The molecule has 3 heterocycles. The minimum Gasteiger partial charge on any atom is -0.379 e. The summed E-state index contributed by atoms with van der Waals surface area (Å²) in [5.74, 6) is 0.206. The van der Waals surface area contributed by atoms with Gasteiger partial charge in [0, 0.05) is 39.6 Å². The van der Waals surface area contributed by atoms with Gasteiger partial charge in [0.15, 0.2) is 0 Å². The van der Waals surface area contributed by atoms with E-state index in [0.29, 0.717) is 19.0 Å². The van der Waals surface area contributed by atoms with Crippen molar-refractivity contribution in [2.45, 2.75) is 24.1 Å². The molecule has 9 nitrogen and oxygen atoms in total. The van der Waals surface area contributed by atoms with Gasteiger partial charge in [-0.25, -0.2) is 8.42 Å². The highest BCUT2D eigenvalue weighted by atomic mass is 32.2. The Morgan fingerprint density at radius 3 is 2.56 bits per heavy atom. The lowest BCUT2D eigenvalue weighted by Gasteiger charge is -2.35. The molecule has 0 saturated carbocycles. The van der Waals surface area contributed by atoms with Gasteiger partial charge >= 0.3 is 0 Å². The normalized spacial score (nSPS) is 21.3. The van der Waals surface area contributed by atoms with Gasteiger partial charge < -0.3 is 10.1 Å². The number of amides is 1. The molecule has 1 aromatic heterocycles. The number of ether oxygens (including phenoxy) is 1. The van der Waals surface area contributed by atoms with Gasteiger partial charge in [0.25, 0.3) is 10.0 Å². The molecule has 140 valence electrons. The second kappa shape index (κ2) is 8.04. The van der Waals surface area contributed by atoms with Crippen LogP contribution in [0.3, 0.4) is 0 Å². The summed E-state index contributed by atoms with van der Waals surface area (Å²) in [5, 5.41) is 10.1. The smallest absolute Gasteiger partial charge is 0.272 e. The van der Waals surface area contributed by atoms with Gasteiger partial charge in [0.2, 0.25) is 15.4 Å².